The SMILES string of the molecule is Cc1cccc(OC2CN(C(C)Cn3nc(C)cc3C)C2)c1. The van der Waals surface area contributed by atoms with Crippen molar-refractivity contribution in [2.24, 2.45) is 0 Å². The molecule has 22 heavy (non-hydrogen) atoms. The van der Waals surface area contributed by atoms with E-state index in [0.717, 1.165) is 31.1 Å². The molecular weight excluding hydrogens is 274 g/mol. The van der Waals surface area contributed by atoms with Crippen LogP contribution in [-0.4, -0.2) is 39.9 Å². The van der Waals surface area contributed by atoms with E-state index in [4.69, 9.17) is 4.74 Å². The minimum absolute atomic E-state index is 0.310. The number of hydrogen-bond donors (Lipinski definition) is 0. The summed E-state index contributed by atoms with van der Waals surface area (Å²) >= 11 is 0. The van der Waals surface area contributed by atoms with Gasteiger partial charge in [-0.1, -0.05) is 12.1 Å². The molecule has 1 aliphatic heterocycles. The molecule has 4 heteroatoms. The third kappa shape index (κ3) is 3.33. The number of ether oxygens (including phenoxy) is 1. The lowest BCUT2D eigenvalue weighted by Crippen LogP contribution is -2.57. The molecule has 2 heterocycles. The van der Waals surface area contributed by atoms with Crippen LogP contribution in [0.3, 0.4) is 0 Å². The van der Waals surface area contributed by atoms with Crippen molar-refractivity contribution in [3.8, 4) is 5.75 Å². The Labute approximate surface area is 132 Å². The summed E-state index contributed by atoms with van der Waals surface area (Å²) in [6, 6.07) is 10.9. The maximum Gasteiger partial charge on any atom is 0.124 e. The predicted molar refractivity (Wildman–Crippen MR) is 88.3 cm³/mol. The maximum atomic E-state index is 6.03. The second kappa shape index (κ2) is 6.13. The number of aryl methyl sites for hydroxylation is 3. The van der Waals surface area contributed by atoms with Crippen molar-refractivity contribution in [2.45, 2.75) is 46.4 Å². The van der Waals surface area contributed by atoms with Crippen LogP contribution in [0.5, 0.6) is 5.75 Å². The Morgan fingerprint density at radius 3 is 2.64 bits per heavy atom. The molecule has 0 saturated carbocycles. The molecule has 0 amide bonds. The first-order valence-electron chi connectivity index (χ1n) is 7.99. The zero-order valence-corrected chi connectivity index (χ0v) is 13.9. The van der Waals surface area contributed by atoms with Gasteiger partial charge in [0.25, 0.3) is 0 Å². The Bertz CT molecular complexity index is 644. The second-order valence-corrected chi connectivity index (χ2v) is 6.47. The van der Waals surface area contributed by atoms with E-state index >= 15 is 0 Å². The van der Waals surface area contributed by atoms with Crippen molar-refractivity contribution in [1.82, 2.24) is 14.7 Å². The zero-order valence-electron chi connectivity index (χ0n) is 13.9. The molecule has 3 rings (SSSR count). The van der Waals surface area contributed by atoms with Crippen molar-refractivity contribution < 1.29 is 4.74 Å². The summed E-state index contributed by atoms with van der Waals surface area (Å²) in [5.41, 5.74) is 3.57. The molecule has 0 bridgehead atoms. The molecule has 0 N–H and O–H groups in total. The van der Waals surface area contributed by atoms with Gasteiger partial charge >= 0.3 is 0 Å². The fourth-order valence-electron chi connectivity index (χ4n) is 3.01. The number of aromatic nitrogens is 2. The molecule has 118 valence electrons. The van der Waals surface area contributed by atoms with Gasteiger partial charge in [-0.3, -0.25) is 9.58 Å². The number of likely N-dealkylation sites (tertiary alicyclic amines) is 1. The normalized spacial score (nSPS) is 17.3. The average Bonchev–Trinajstić information content (AvgIpc) is 2.71. The number of hydrogen-bond acceptors (Lipinski definition) is 3. The van der Waals surface area contributed by atoms with Crippen molar-refractivity contribution in [1.29, 1.82) is 0 Å². The fourth-order valence-corrected chi connectivity index (χ4v) is 3.01. The highest BCUT2D eigenvalue weighted by Gasteiger charge is 2.32. The molecule has 1 saturated heterocycles. The van der Waals surface area contributed by atoms with E-state index in [2.05, 4.69) is 53.7 Å². The van der Waals surface area contributed by atoms with Gasteiger partial charge in [-0.15, -0.1) is 0 Å². The van der Waals surface area contributed by atoms with Gasteiger partial charge in [-0.2, -0.15) is 5.10 Å². The summed E-state index contributed by atoms with van der Waals surface area (Å²) in [6.07, 6.45) is 0.310. The molecule has 0 spiro atoms. The lowest BCUT2D eigenvalue weighted by Gasteiger charge is -2.42. The van der Waals surface area contributed by atoms with Gasteiger partial charge < -0.3 is 4.74 Å². The Balaban J connectivity index is 1.49. The quantitative estimate of drug-likeness (QED) is 0.850. The third-order valence-electron chi connectivity index (χ3n) is 4.33. The maximum absolute atomic E-state index is 6.03. The van der Waals surface area contributed by atoms with Gasteiger partial charge in [0.2, 0.25) is 0 Å². The Morgan fingerprint density at radius 2 is 2.00 bits per heavy atom. The topological polar surface area (TPSA) is 30.3 Å². The van der Waals surface area contributed by atoms with Crippen LogP contribution in [0.2, 0.25) is 0 Å². The van der Waals surface area contributed by atoms with Gasteiger partial charge in [-0.05, 0) is 51.5 Å². The van der Waals surface area contributed by atoms with Crippen LogP contribution >= 0.6 is 0 Å². The molecule has 0 aliphatic carbocycles. The van der Waals surface area contributed by atoms with Crippen LogP contribution in [0.1, 0.15) is 23.9 Å². The standard InChI is InChI=1S/C18H25N3O/c1-13-6-5-7-17(8-13)22-18-11-20(12-18)16(4)10-21-15(3)9-14(2)19-21/h5-9,16,18H,10-12H2,1-4H3. The molecule has 0 radical (unpaired) electrons. The summed E-state index contributed by atoms with van der Waals surface area (Å²) in [5.74, 6) is 0.982. The van der Waals surface area contributed by atoms with E-state index in [0.29, 0.717) is 12.1 Å². The monoisotopic (exact) mass is 299 g/mol. The molecule has 1 atom stereocenters. The first-order valence-corrected chi connectivity index (χ1v) is 7.99. The summed E-state index contributed by atoms with van der Waals surface area (Å²) in [5, 5.41) is 4.55. The van der Waals surface area contributed by atoms with E-state index in [1.165, 1.54) is 11.3 Å². The summed E-state index contributed by atoms with van der Waals surface area (Å²) in [7, 11) is 0. The fraction of sp³-hybridized carbons (Fsp3) is 0.500. The lowest BCUT2D eigenvalue weighted by molar-refractivity contribution is -0.00960. The van der Waals surface area contributed by atoms with Crippen molar-refractivity contribution in [3.63, 3.8) is 0 Å². The summed E-state index contributed by atoms with van der Waals surface area (Å²) in [6.45, 7) is 11.4. The summed E-state index contributed by atoms with van der Waals surface area (Å²) in [4.78, 5) is 2.46. The Kier molecular flexibility index (Phi) is 4.21. The van der Waals surface area contributed by atoms with E-state index < -0.39 is 0 Å². The van der Waals surface area contributed by atoms with Crippen molar-refractivity contribution >= 4 is 0 Å². The second-order valence-electron chi connectivity index (χ2n) is 6.47. The van der Waals surface area contributed by atoms with Gasteiger partial charge in [0.15, 0.2) is 0 Å². The number of benzene rings is 1. The highest BCUT2D eigenvalue weighted by Crippen LogP contribution is 2.21. The van der Waals surface area contributed by atoms with Gasteiger partial charge in [0, 0.05) is 24.8 Å². The largest absolute Gasteiger partial charge is 0.488 e. The van der Waals surface area contributed by atoms with Crippen molar-refractivity contribution in [3.05, 3.63) is 47.3 Å². The van der Waals surface area contributed by atoms with E-state index in [1.54, 1.807) is 0 Å². The molecular formula is C18H25N3O. The highest BCUT2D eigenvalue weighted by molar-refractivity contribution is 5.27. The minimum atomic E-state index is 0.310. The molecule has 4 nitrogen and oxygen atoms in total. The van der Waals surface area contributed by atoms with E-state index in [-0.39, 0.29) is 0 Å². The van der Waals surface area contributed by atoms with Crippen LogP contribution in [0.25, 0.3) is 0 Å². The molecule has 1 aromatic carbocycles. The predicted octanol–water partition coefficient (Wildman–Crippen LogP) is 2.96. The first kappa shape index (κ1) is 15.1. The smallest absolute Gasteiger partial charge is 0.124 e. The van der Waals surface area contributed by atoms with Crippen LogP contribution < -0.4 is 4.74 Å². The molecule has 1 unspecified atom stereocenters. The minimum Gasteiger partial charge on any atom is -0.488 e. The molecule has 2 aromatic rings. The molecule has 1 aliphatic rings. The van der Waals surface area contributed by atoms with Crippen LogP contribution in [0.15, 0.2) is 30.3 Å². The zero-order chi connectivity index (χ0) is 15.7. The number of nitrogens with zero attached hydrogens (tertiary/aromatic N) is 3. The van der Waals surface area contributed by atoms with Gasteiger partial charge in [0.1, 0.15) is 11.9 Å². The summed E-state index contributed by atoms with van der Waals surface area (Å²) < 4.78 is 8.13. The highest BCUT2D eigenvalue weighted by atomic mass is 16.5. The van der Waals surface area contributed by atoms with Gasteiger partial charge in [0.05, 0.1) is 12.2 Å². The third-order valence-corrected chi connectivity index (χ3v) is 4.33. The van der Waals surface area contributed by atoms with E-state index in [9.17, 15) is 0 Å². The average molecular weight is 299 g/mol. The lowest BCUT2D eigenvalue weighted by atomic mass is 10.1. The van der Waals surface area contributed by atoms with Gasteiger partial charge in [-0.25, -0.2) is 0 Å². The van der Waals surface area contributed by atoms with Crippen LogP contribution in [-0.2, 0) is 6.54 Å². The Hall–Kier alpha value is -1.81. The van der Waals surface area contributed by atoms with E-state index in [1.807, 2.05) is 19.1 Å². The molecule has 1 aromatic heterocycles. The Morgan fingerprint density at radius 1 is 1.23 bits per heavy atom. The van der Waals surface area contributed by atoms with Crippen molar-refractivity contribution in [2.75, 3.05) is 13.1 Å². The first-order chi connectivity index (χ1) is 10.5. The molecule has 1 fully saturated rings. The van der Waals surface area contributed by atoms with Crippen LogP contribution in [0.4, 0.5) is 0 Å². The number of rotatable bonds is 5. The van der Waals surface area contributed by atoms with Crippen LogP contribution in [0, 0.1) is 20.8 Å².